The molecule has 0 radical (unpaired) electrons. The van der Waals surface area contributed by atoms with Crippen LogP contribution in [0.1, 0.15) is 11.5 Å². The molecule has 0 aliphatic heterocycles. The van der Waals surface area contributed by atoms with Crippen molar-refractivity contribution in [2.75, 3.05) is 0 Å². The van der Waals surface area contributed by atoms with Crippen molar-refractivity contribution in [1.82, 2.24) is 19.3 Å². The van der Waals surface area contributed by atoms with Crippen LogP contribution in [0.25, 0.3) is 22.3 Å². The summed E-state index contributed by atoms with van der Waals surface area (Å²) in [5.74, 6) is 0.749. The van der Waals surface area contributed by atoms with Crippen molar-refractivity contribution >= 4 is 10.9 Å². The van der Waals surface area contributed by atoms with E-state index in [9.17, 15) is 9.59 Å². The van der Waals surface area contributed by atoms with E-state index in [1.165, 1.54) is 10.6 Å². The predicted molar refractivity (Wildman–Crippen MR) is 106 cm³/mol. The van der Waals surface area contributed by atoms with Crippen molar-refractivity contribution in [3.05, 3.63) is 93.5 Å². The van der Waals surface area contributed by atoms with Crippen molar-refractivity contribution in [1.29, 1.82) is 0 Å². The molecule has 0 atom stereocenters. The molecule has 7 nitrogen and oxygen atoms in total. The largest absolute Gasteiger partial charge is 0.337 e. The Morgan fingerprint density at radius 2 is 1.82 bits per heavy atom. The molecule has 4 aromatic rings. The third-order valence-corrected chi connectivity index (χ3v) is 4.59. The number of hydrogen-bond acceptors (Lipinski definition) is 5. The van der Waals surface area contributed by atoms with Crippen LogP contribution in [0.15, 0.2) is 75.3 Å². The molecule has 140 valence electrons. The van der Waals surface area contributed by atoms with Gasteiger partial charge in [-0.1, -0.05) is 47.6 Å². The lowest BCUT2D eigenvalue weighted by Gasteiger charge is -2.11. The minimum atomic E-state index is -0.445. The fourth-order valence-electron chi connectivity index (χ4n) is 3.20. The molecular formula is C21H18N4O3. The molecule has 0 N–H and O–H groups in total. The first kappa shape index (κ1) is 17.7. The average molecular weight is 374 g/mol. The summed E-state index contributed by atoms with van der Waals surface area (Å²) in [7, 11) is 0. The Balaban J connectivity index is 1.83. The summed E-state index contributed by atoms with van der Waals surface area (Å²) >= 11 is 0. The van der Waals surface area contributed by atoms with Crippen LogP contribution in [-0.4, -0.2) is 19.3 Å². The number of aromatic nitrogens is 4. The second-order valence-electron chi connectivity index (χ2n) is 6.42. The molecule has 0 saturated heterocycles. The molecule has 0 aliphatic carbocycles. The lowest BCUT2D eigenvalue weighted by molar-refractivity contribution is 0.369. The van der Waals surface area contributed by atoms with Gasteiger partial charge in [0.1, 0.15) is 6.54 Å². The second-order valence-corrected chi connectivity index (χ2v) is 6.42. The number of benzene rings is 2. The van der Waals surface area contributed by atoms with Crippen LogP contribution in [0.3, 0.4) is 0 Å². The SMILES string of the molecule is C=CCn1c(=O)c2ccccc2n(Cc2nc(-c3ccccc3C)no2)c1=O. The molecule has 4 rings (SSSR count). The zero-order valence-corrected chi connectivity index (χ0v) is 15.3. The molecule has 28 heavy (non-hydrogen) atoms. The molecule has 0 unspecified atom stereocenters. The number of rotatable bonds is 5. The van der Waals surface area contributed by atoms with E-state index in [1.807, 2.05) is 31.2 Å². The number of nitrogens with zero attached hydrogens (tertiary/aromatic N) is 4. The number of para-hydroxylation sites is 1. The summed E-state index contributed by atoms with van der Waals surface area (Å²) in [6.07, 6.45) is 1.52. The zero-order chi connectivity index (χ0) is 19.7. The van der Waals surface area contributed by atoms with Crippen molar-refractivity contribution in [2.24, 2.45) is 0 Å². The van der Waals surface area contributed by atoms with E-state index in [4.69, 9.17) is 4.52 Å². The van der Waals surface area contributed by atoms with Gasteiger partial charge in [0.05, 0.1) is 10.9 Å². The maximum Gasteiger partial charge on any atom is 0.332 e. The fourth-order valence-corrected chi connectivity index (χ4v) is 3.20. The maximum atomic E-state index is 12.9. The van der Waals surface area contributed by atoms with Gasteiger partial charge >= 0.3 is 5.69 Å². The molecule has 0 aliphatic rings. The van der Waals surface area contributed by atoms with Crippen LogP contribution in [-0.2, 0) is 13.1 Å². The highest BCUT2D eigenvalue weighted by molar-refractivity contribution is 5.77. The summed E-state index contributed by atoms with van der Waals surface area (Å²) in [5.41, 5.74) is 1.62. The van der Waals surface area contributed by atoms with Gasteiger partial charge in [0.2, 0.25) is 11.7 Å². The lowest BCUT2D eigenvalue weighted by Crippen LogP contribution is -2.40. The third kappa shape index (κ3) is 2.96. The molecule has 0 spiro atoms. The topological polar surface area (TPSA) is 82.9 Å². The monoisotopic (exact) mass is 374 g/mol. The van der Waals surface area contributed by atoms with Crippen LogP contribution >= 0.6 is 0 Å². The average Bonchev–Trinajstić information content (AvgIpc) is 3.17. The van der Waals surface area contributed by atoms with E-state index >= 15 is 0 Å². The van der Waals surface area contributed by atoms with Crippen LogP contribution < -0.4 is 11.2 Å². The standard InChI is InChI=1S/C21H18N4O3/c1-3-12-24-20(26)16-10-6-7-11-17(16)25(21(24)27)13-18-22-19(23-28-18)15-9-5-4-8-14(15)2/h3-11H,1,12-13H2,2H3. The van der Waals surface area contributed by atoms with Gasteiger partial charge in [-0.25, -0.2) is 4.79 Å². The van der Waals surface area contributed by atoms with E-state index in [1.54, 1.807) is 24.3 Å². The van der Waals surface area contributed by atoms with Crippen LogP contribution in [0, 0.1) is 6.92 Å². The van der Waals surface area contributed by atoms with Gasteiger partial charge in [0.15, 0.2) is 0 Å². The van der Waals surface area contributed by atoms with Gasteiger partial charge in [0, 0.05) is 12.1 Å². The van der Waals surface area contributed by atoms with E-state index in [-0.39, 0.29) is 24.5 Å². The molecule has 2 aromatic carbocycles. The summed E-state index contributed by atoms with van der Waals surface area (Å²) in [5, 5.41) is 4.49. The zero-order valence-electron chi connectivity index (χ0n) is 15.3. The Morgan fingerprint density at radius 3 is 2.61 bits per heavy atom. The molecular weight excluding hydrogens is 356 g/mol. The maximum absolute atomic E-state index is 12.9. The minimum absolute atomic E-state index is 0.0651. The molecule has 2 aromatic heterocycles. The number of hydrogen-bond donors (Lipinski definition) is 0. The first-order chi connectivity index (χ1) is 13.6. The Hall–Kier alpha value is -3.74. The molecule has 7 heteroatoms. The van der Waals surface area contributed by atoms with Gasteiger partial charge in [0.25, 0.3) is 5.56 Å². The van der Waals surface area contributed by atoms with Gasteiger partial charge in [-0.15, -0.1) is 6.58 Å². The number of allylic oxidation sites excluding steroid dienone is 1. The number of aryl methyl sites for hydroxylation is 1. The van der Waals surface area contributed by atoms with E-state index < -0.39 is 5.69 Å². The highest BCUT2D eigenvalue weighted by atomic mass is 16.5. The van der Waals surface area contributed by atoms with Gasteiger partial charge in [-0.3, -0.25) is 13.9 Å². The third-order valence-electron chi connectivity index (χ3n) is 4.59. The van der Waals surface area contributed by atoms with Crippen molar-refractivity contribution in [3.63, 3.8) is 0 Å². The molecule has 0 fully saturated rings. The van der Waals surface area contributed by atoms with Gasteiger partial charge in [-0.05, 0) is 24.6 Å². The van der Waals surface area contributed by atoms with Crippen LogP contribution in [0.2, 0.25) is 0 Å². The summed E-state index contributed by atoms with van der Waals surface area (Å²) in [6, 6.07) is 14.7. The minimum Gasteiger partial charge on any atom is -0.337 e. The molecule has 0 bridgehead atoms. The smallest absolute Gasteiger partial charge is 0.332 e. The molecule has 0 amide bonds. The Morgan fingerprint density at radius 1 is 1.07 bits per heavy atom. The fraction of sp³-hybridized carbons (Fsp3) is 0.143. The Bertz CT molecular complexity index is 1300. The first-order valence-electron chi connectivity index (χ1n) is 8.82. The molecule has 2 heterocycles. The Labute approximate surface area is 160 Å². The summed E-state index contributed by atoms with van der Waals surface area (Å²) < 4.78 is 8.00. The molecule has 0 saturated carbocycles. The number of fused-ring (bicyclic) bond motifs is 1. The van der Waals surface area contributed by atoms with Gasteiger partial charge < -0.3 is 4.52 Å². The lowest BCUT2D eigenvalue weighted by atomic mass is 10.1. The second kappa shape index (κ2) is 7.11. The highest BCUT2D eigenvalue weighted by Gasteiger charge is 2.16. The van der Waals surface area contributed by atoms with Crippen LogP contribution in [0.4, 0.5) is 0 Å². The van der Waals surface area contributed by atoms with Gasteiger partial charge in [-0.2, -0.15) is 4.98 Å². The quantitative estimate of drug-likeness (QED) is 0.502. The van der Waals surface area contributed by atoms with Crippen molar-refractivity contribution in [2.45, 2.75) is 20.0 Å². The van der Waals surface area contributed by atoms with Crippen molar-refractivity contribution in [3.8, 4) is 11.4 Å². The van der Waals surface area contributed by atoms with E-state index in [0.29, 0.717) is 16.7 Å². The highest BCUT2D eigenvalue weighted by Crippen LogP contribution is 2.20. The first-order valence-corrected chi connectivity index (χ1v) is 8.82. The van der Waals surface area contributed by atoms with E-state index in [0.717, 1.165) is 15.7 Å². The van der Waals surface area contributed by atoms with E-state index in [2.05, 4.69) is 16.7 Å². The predicted octanol–water partition coefficient (Wildman–Crippen LogP) is 2.76. The van der Waals surface area contributed by atoms with Crippen LogP contribution in [0.5, 0.6) is 0 Å². The Kier molecular flexibility index (Phi) is 4.49. The summed E-state index contributed by atoms with van der Waals surface area (Å²) in [4.78, 5) is 30.0. The van der Waals surface area contributed by atoms with Crippen molar-refractivity contribution < 1.29 is 4.52 Å². The normalized spacial score (nSPS) is 11.0. The summed E-state index contributed by atoms with van der Waals surface area (Å²) in [6.45, 7) is 5.79.